The average Bonchev–Trinajstić information content (AvgIpc) is 3.33. The third-order valence-corrected chi connectivity index (χ3v) is 6.18. The summed E-state index contributed by atoms with van der Waals surface area (Å²) in [6, 6.07) is 12.5. The van der Waals surface area contributed by atoms with Crippen molar-refractivity contribution in [2.24, 2.45) is 0 Å². The van der Waals surface area contributed by atoms with E-state index in [2.05, 4.69) is 15.2 Å². The van der Waals surface area contributed by atoms with Gasteiger partial charge in [0.05, 0.1) is 16.8 Å². The molecule has 1 amide bonds. The van der Waals surface area contributed by atoms with E-state index in [-0.39, 0.29) is 11.9 Å². The lowest BCUT2D eigenvalue weighted by Crippen LogP contribution is -2.44. The first-order valence-corrected chi connectivity index (χ1v) is 11.6. The maximum atomic E-state index is 12.9. The molecule has 2 aromatic carbocycles. The molecule has 0 saturated carbocycles. The van der Waals surface area contributed by atoms with Gasteiger partial charge in [-0.25, -0.2) is 4.98 Å². The second-order valence-electron chi connectivity index (χ2n) is 8.02. The number of alkyl halides is 3. The highest BCUT2D eigenvalue weighted by Gasteiger charge is 2.30. The Bertz CT molecular complexity index is 1060. The van der Waals surface area contributed by atoms with Crippen molar-refractivity contribution in [3.8, 4) is 5.75 Å². The van der Waals surface area contributed by atoms with Gasteiger partial charge < -0.3 is 10.1 Å². The molecular formula is C24H24F3N3O2S. The van der Waals surface area contributed by atoms with E-state index >= 15 is 0 Å². The van der Waals surface area contributed by atoms with Crippen molar-refractivity contribution in [3.05, 3.63) is 81.8 Å². The van der Waals surface area contributed by atoms with Gasteiger partial charge in [-0.05, 0) is 42.7 Å². The van der Waals surface area contributed by atoms with Crippen LogP contribution in [0.4, 0.5) is 13.2 Å². The first kappa shape index (κ1) is 23.3. The van der Waals surface area contributed by atoms with E-state index < -0.39 is 11.7 Å². The molecule has 0 radical (unpaired) electrons. The first-order valence-electron chi connectivity index (χ1n) is 10.7. The zero-order valence-corrected chi connectivity index (χ0v) is 18.7. The molecular weight excluding hydrogens is 451 g/mol. The molecule has 0 atom stereocenters. The largest absolute Gasteiger partial charge is 0.487 e. The Hall–Kier alpha value is -2.91. The number of hydrogen-bond donors (Lipinski definition) is 1. The van der Waals surface area contributed by atoms with Gasteiger partial charge in [0.1, 0.15) is 12.4 Å². The van der Waals surface area contributed by atoms with Crippen molar-refractivity contribution in [2.75, 3.05) is 13.1 Å². The molecule has 4 rings (SSSR count). The Morgan fingerprint density at radius 2 is 1.94 bits per heavy atom. The molecule has 1 N–H and O–H groups in total. The summed E-state index contributed by atoms with van der Waals surface area (Å²) in [7, 11) is 0. The number of benzene rings is 2. The predicted octanol–water partition coefficient (Wildman–Crippen LogP) is 5.14. The fourth-order valence-electron chi connectivity index (χ4n) is 3.80. The van der Waals surface area contributed by atoms with Crippen LogP contribution in [0.25, 0.3) is 0 Å². The van der Waals surface area contributed by atoms with E-state index in [1.54, 1.807) is 35.8 Å². The van der Waals surface area contributed by atoms with Crippen LogP contribution >= 0.6 is 11.3 Å². The minimum atomic E-state index is -4.34. The molecule has 2 heterocycles. The van der Waals surface area contributed by atoms with Crippen LogP contribution in [0.1, 0.15) is 40.0 Å². The number of carbonyl (C=O) groups excluding carboxylic acids is 1. The number of halogens is 3. The summed E-state index contributed by atoms with van der Waals surface area (Å²) < 4.78 is 44.5. The molecule has 33 heavy (non-hydrogen) atoms. The van der Waals surface area contributed by atoms with Gasteiger partial charge in [-0.2, -0.15) is 13.2 Å². The van der Waals surface area contributed by atoms with Crippen LogP contribution in [-0.2, 0) is 19.3 Å². The number of carbonyl (C=O) groups is 1. The number of nitrogens with one attached hydrogen (secondary N) is 1. The van der Waals surface area contributed by atoms with Crippen LogP contribution in [0.2, 0.25) is 0 Å². The number of nitrogens with zero attached hydrogens (tertiary/aromatic N) is 2. The molecule has 1 aliphatic heterocycles. The molecule has 1 saturated heterocycles. The quantitative estimate of drug-likeness (QED) is 0.515. The highest BCUT2D eigenvalue weighted by molar-refractivity contribution is 7.07. The van der Waals surface area contributed by atoms with Crippen LogP contribution in [0.3, 0.4) is 0 Å². The van der Waals surface area contributed by atoms with Crippen LogP contribution in [0.5, 0.6) is 5.75 Å². The van der Waals surface area contributed by atoms with Crippen molar-refractivity contribution in [1.29, 1.82) is 0 Å². The second-order valence-corrected chi connectivity index (χ2v) is 8.74. The third-order valence-electron chi connectivity index (χ3n) is 5.55. The number of thiazole rings is 1. The normalized spacial score (nSPS) is 15.4. The molecule has 5 nitrogen and oxygen atoms in total. The summed E-state index contributed by atoms with van der Waals surface area (Å²) in [5.74, 6) is 0.442. The summed E-state index contributed by atoms with van der Waals surface area (Å²) in [5, 5.41) is 4.98. The van der Waals surface area contributed by atoms with Crippen LogP contribution < -0.4 is 10.1 Å². The smallest absolute Gasteiger partial charge is 0.416 e. The summed E-state index contributed by atoms with van der Waals surface area (Å²) in [6.07, 6.45) is -2.86. The summed E-state index contributed by atoms with van der Waals surface area (Å²) in [6.45, 7) is 2.22. The van der Waals surface area contributed by atoms with Gasteiger partial charge in [0, 0.05) is 36.6 Å². The highest BCUT2D eigenvalue weighted by Crippen LogP contribution is 2.30. The molecule has 9 heteroatoms. The topological polar surface area (TPSA) is 54.5 Å². The molecule has 0 bridgehead atoms. The van der Waals surface area contributed by atoms with Crippen molar-refractivity contribution < 1.29 is 22.7 Å². The minimum absolute atomic E-state index is 0.0230. The lowest BCUT2D eigenvalue weighted by Gasteiger charge is -2.32. The second kappa shape index (κ2) is 10.4. The first-order chi connectivity index (χ1) is 15.9. The Labute approximate surface area is 194 Å². The van der Waals surface area contributed by atoms with E-state index in [1.165, 1.54) is 23.5 Å². The Kier molecular flexibility index (Phi) is 7.29. The molecule has 0 aliphatic carbocycles. The fourth-order valence-corrected chi connectivity index (χ4v) is 4.34. The molecule has 1 aromatic heterocycles. The summed E-state index contributed by atoms with van der Waals surface area (Å²) >= 11 is 1.50. The van der Waals surface area contributed by atoms with Crippen LogP contribution in [0.15, 0.2) is 59.4 Å². The minimum Gasteiger partial charge on any atom is -0.487 e. The van der Waals surface area contributed by atoms with Crippen LogP contribution in [-0.4, -0.2) is 34.9 Å². The maximum absolute atomic E-state index is 12.9. The van der Waals surface area contributed by atoms with Crippen molar-refractivity contribution in [3.63, 3.8) is 0 Å². The van der Waals surface area contributed by atoms with Gasteiger partial charge in [0.25, 0.3) is 5.91 Å². The lowest BCUT2D eigenvalue weighted by molar-refractivity contribution is -0.137. The number of piperidine rings is 1. The van der Waals surface area contributed by atoms with Crippen LogP contribution in [0, 0.1) is 0 Å². The summed E-state index contributed by atoms with van der Waals surface area (Å²) in [4.78, 5) is 19.0. The number of amides is 1. The van der Waals surface area contributed by atoms with E-state index in [9.17, 15) is 18.0 Å². The van der Waals surface area contributed by atoms with Gasteiger partial charge in [-0.15, -0.1) is 11.3 Å². The standard InChI is InChI=1S/C24H24F3N3O2S/c25-24(26,27)19-5-1-3-17(11-19)13-30-9-7-20(8-10-30)29-23(31)18-4-2-6-22(12-18)32-14-21-15-33-16-28-21/h1-6,11-12,15-16,20H,7-10,13-14H2,(H,29,31). The molecule has 1 fully saturated rings. The molecule has 3 aromatic rings. The summed E-state index contributed by atoms with van der Waals surface area (Å²) in [5.41, 5.74) is 3.12. The number of hydrogen-bond acceptors (Lipinski definition) is 5. The number of aromatic nitrogens is 1. The highest BCUT2D eigenvalue weighted by atomic mass is 32.1. The maximum Gasteiger partial charge on any atom is 0.416 e. The number of likely N-dealkylation sites (tertiary alicyclic amines) is 1. The number of rotatable bonds is 7. The zero-order chi connectivity index (χ0) is 23.3. The molecule has 0 spiro atoms. The van der Waals surface area contributed by atoms with E-state index in [1.807, 2.05) is 5.38 Å². The van der Waals surface area contributed by atoms with Gasteiger partial charge in [-0.1, -0.05) is 24.3 Å². The van der Waals surface area contributed by atoms with Gasteiger partial charge in [-0.3, -0.25) is 9.69 Å². The predicted molar refractivity (Wildman–Crippen MR) is 120 cm³/mol. The van der Waals surface area contributed by atoms with E-state index in [0.717, 1.165) is 24.6 Å². The third kappa shape index (κ3) is 6.55. The van der Waals surface area contributed by atoms with E-state index in [0.29, 0.717) is 43.1 Å². The lowest BCUT2D eigenvalue weighted by atomic mass is 10.0. The van der Waals surface area contributed by atoms with Gasteiger partial charge in [0.15, 0.2) is 0 Å². The molecule has 1 aliphatic rings. The Morgan fingerprint density at radius 1 is 1.15 bits per heavy atom. The van der Waals surface area contributed by atoms with Gasteiger partial charge >= 0.3 is 6.18 Å². The SMILES string of the molecule is O=C(NC1CCN(Cc2cccc(C(F)(F)F)c2)CC1)c1cccc(OCc2cscn2)c1. The van der Waals surface area contributed by atoms with Crippen molar-refractivity contribution >= 4 is 17.2 Å². The Morgan fingerprint density at radius 3 is 2.67 bits per heavy atom. The zero-order valence-electron chi connectivity index (χ0n) is 17.8. The van der Waals surface area contributed by atoms with Crippen molar-refractivity contribution in [1.82, 2.24) is 15.2 Å². The monoisotopic (exact) mass is 475 g/mol. The average molecular weight is 476 g/mol. The Balaban J connectivity index is 1.26. The van der Waals surface area contributed by atoms with Crippen molar-refractivity contribution in [2.45, 2.75) is 38.2 Å². The van der Waals surface area contributed by atoms with Gasteiger partial charge in [0.2, 0.25) is 0 Å². The molecule has 0 unspecified atom stereocenters. The van der Waals surface area contributed by atoms with E-state index in [4.69, 9.17) is 4.74 Å². The fraction of sp³-hybridized carbons (Fsp3) is 0.333. The number of ether oxygens (including phenoxy) is 1. The molecule has 174 valence electrons.